The van der Waals surface area contributed by atoms with E-state index in [1.807, 2.05) is 25.3 Å². The molecule has 1 aromatic carbocycles. The summed E-state index contributed by atoms with van der Waals surface area (Å²) in [4.78, 5) is 24.3. The first-order chi connectivity index (χ1) is 15.5. The van der Waals surface area contributed by atoms with E-state index >= 15 is 0 Å². The molecule has 1 N–H and O–H groups in total. The van der Waals surface area contributed by atoms with Crippen LogP contribution in [0.25, 0.3) is 17.2 Å². The molecule has 2 heterocycles. The Bertz CT molecular complexity index is 1120. The molecule has 0 bridgehead atoms. The average molecular weight is 435 g/mol. The van der Waals surface area contributed by atoms with E-state index < -0.39 is 0 Å². The van der Waals surface area contributed by atoms with Crippen molar-refractivity contribution in [2.75, 3.05) is 33.3 Å². The van der Waals surface area contributed by atoms with Crippen molar-refractivity contribution >= 4 is 5.91 Å². The number of aryl methyl sites for hydroxylation is 2. The summed E-state index contributed by atoms with van der Waals surface area (Å²) in [5, 5.41) is 7.41. The third-order valence-electron chi connectivity index (χ3n) is 6.14. The van der Waals surface area contributed by atoms with Gasteiger partial charge in [-0.15, -0.1) is 0 Å². The van der Waals surface area contributed by atoms with Crippen molar-refractivity contribution < 1.29 is 9.53 Å². The molecule has 0 saturated carbocycles. The van der Waals surface area contributed by atoms with Gasteiger partial charge in [0, 0.05) is 24.8 Å². The number of hydrogen-bond donors (Lipinski definition) is 1. The minimum absolute atomic E-state index is 0.131. The number of methoxy groups -OCH3 is 1. The van der Waals surface area contributed by atoms with Gasteiger partial charge < -0.3 is 15.0 Å². The van der Waals surface area contributed by atoms with Crippen molar-refractivity contribution in [3.05, 3.63) is 53.0 Å². The van der Waals surface area contributed by atoms with E-state index in [0.717, 1.165) is 55.0 Å². The molecular weight excluding hydrogens is 404 g/mol. The van der Waals surface area contributed by atoms with E-state index in [1.165, 1.54) is 5.56 Å². The zero-order chi connectivity index (χ0) is 22.7. The molecular formula is C24H30N6O2. The summed E-state index contributed by atoms with van der Waals surface area (Å²) in [5.41, 5.74) is 5.56. The van der Waals surface area contributed by atoms with Crippen molar-refractivity contribution in [1.82, 2.24) is 30.0 Å². The van der Waals surface area contributed by atoms with Gasteiger partial charge in [-0.05, 0) is 56.1 Å². The molecule has 0 atom stereocenters. The molecule has 1 aliphatic carbocycles. The smallest absolute Gasteiger partial charge is 0.254 e. The molecule has 0 saturated heterocycles. The summed E-state index contributed by atoms with van der Waals surface area (Å²) in [6.07, 6.45) is 5.30. The van der Waals surface area contributed by atoms with Crippen molar-refractivity contribution in [3.63, 3.8) is 0 Å². The Balaban J connectivity index is 1.58. The third kappa shape index (κ3) is 4.23. The number of nitrogens with one attached hydrogen (secondary N) is 1. The maximum absolute atomic E-state index is 12.7. The number of benzene rings is 1. The standard InChI is InChI=1S/C24H30N6O2/c1-5-29(6-2)12-11-25-23(31)21-15-27-30(16(21)3)24-26-14-18-8-7-17-9-10-19(32-4)13-20(17)22(18)28-24/h9-10,13-15H,5-8,11-12H2,1-4H3,(H,25,31). The van der Waals surface area contributed by atoms with Gasteiger partial charge in [-0.1, -0.05) is 19.9 Å². The van der Waals surface area contributed by atoms with Gasteiger partial charge in [-0.2, -0.15) is 5.10 Å². The number of carbonyl (C=O) groups is 1. The van der Waals surface area contributed by atoms with Gasteiger partial charge in [-0.3, -0.25) is 4.79 Å². The third-order valence-corrected chi connectivity index (χ3v) is 6.14. The van der Waals surface area contributed by atoms with Gasteiger partial charge in [0.25, 0.3) is 11.9 Å². The fraction of sp³-hybridized carbons (Fsp3) is 0.417. The highest BCUT2D eigenvalue weighted by Gasteiger charge is 2.22. The van der Waals surface area contributed by atoms with Crippen LogP contribution in [0.5, 0.6) is 5.75 Å². The molecule has 32 heavy (non-hydrogen) atoms. The lowest BCUT2D eigenvalue weighted by Crippen LogP contribution is -2.34. The van der Waals surface area contributed by atoms with Crippen LogP contribution >= 0.6 is 0 Å². The Morgan fingerprint density at radius 3 is 2.72 bits per heavy atom. The molecule has 4 rings (SSSR count). The number of fused-ring (bicyclic) bond motifs is 3. The predicted molar refractivity (Wildman–Crippen MR) is 123 cm³/mol. The fourth-order valence-electron chi connectivity index (χ4n) is 4.10. The number of carbonyl (C=O) groups excluding carboxylic acids is 1. The number of likely N-dealkylation sites (N-methyl/N-ethyl adjacent to an activating group) is 1. The Labute approximate surface area is 188 Å². The molecule has 168 valence electrons. The van der Waals surface area contributed by atoms with Crippen LogP contribution in [0.15, 0.2) is 30.6 Å². The molecule has 1 aliphatic rings. The number of ether oxygens (including phenoxy) is 1. The van der Waals surface area contributed by atoms with E-state index in [-0.39, 0.29) is 5.91 Å². The highest BCUT2D eigenvalue weighted by atomic mass is 16.5. The van der Waals surface area contributed by atoms with Crippen LogP contribution in [0.3, 0.4) is 0 Å². The Morgan fingerprint density at radius 2 is 1.97 bits per heavy atom. The molecule has 0 fully saturated rings. The zero-order valence-corrected chi connectivity index (χ0v) is 19.2. The lowest BCUT2D eigenvalue weighted by atomic mass is 9.90. The van der Waals surface area contributed by atoms with Gasteiger partial charge in [0.15, 0.2) is 0 Å². The number of amides is 1. The number of hydrogen-bond acceptors (Lipinski definition) is 6. The van der Waals surface area contributed by atoms with Crippen molar-refractivity contribution in [1.29, 1.82) is 0 Å². The highest BCUT2D eigenvalue weighted by Crippen LogP contribution is 2.34. The summed E-state index contributed by atoms with van der Waals surface area (Å²) in [6.45, 7) is 9.45. The van der Waals surface area contributed by atoms with Gasteiger partial charge in [-0.25, -0.2) is 14.6 Å². The molecule has 0 unspecified atom stereocenters. The van der Waals surface area contributed by atoms with Crippen LogP contribution in [0.4, 0.5) is 0 Å². The first-order valence-corrected chi connectivity index (χ1v) is 11.1. The molecule has 0 spiro atoms. The van der Waals surface area contributed by atoms with E-state index in [9.17, 15) is 4.79 Å². The van der Waals surface area contributed by atoms with Gasteiger partial charge >= 0.3 is 0 Å². The fourth-order valence-corrected chi connectivity index (χ4v) is 4.10. The lowest BCUT2D eigenvalue weighted by Gasteiger charge is -2.20. The summed E-state index contributed by atoms with van der Waals surface area (Å²) in [5.74, 6) is 1.13. The van der Waals surface area contributed by atoms with Crippen LogP contribution in [0.1, 0.15) is 41.0 Å². The predicted octanol–water partition coefficient (Wildman–Crippen LogP) is 2.82. The zero-order valence-electron chi connectivity index (χ0n) is 19.2. The molecule has 8 heteroatoms. The summed E-state index contributed by atoms with van der Waals surface area (Å²) >= 11 is 0. The van der Waals surface area contributed by atoms with Crippen molar-refractivity contribution in [3.8, 4) is 23.0 Å². The van der Waals surface area contributed by atoms with Crippen LogP contribution in [-0.2, 0) is 12.8 Å². The second-order valence-electron chi connectivity index (χ2n) is 7.91. The largest absolute Gasteiger partial charge is 0.497 e. The van der Waals surface area contributed by atoms with Gasteiger partial charge in [0.1, 0.15) is 5.75 Å². The van der Waals surface area contributed by atoms with Gasteiger partial charge in [0.2, 0.25) is 0 Å². The van der Waals surface area contributed by atoms with E-state index in [4.69, 9.17) is 9.72 Å². The first kappa shape index (κ1) is 22.0. The second kappa shape index (κ2) is 9.48. The summed E-state index contributed by atoms with van der Waals surface area (Å²) < 4.78 is 7.04. The number of nitrogens with zero attached hydrogens (tertiary/aromatic N) is 5. The molecule has 8 nitrogen and oxygen atoms in total. The molecule has 0 aliphatic heterocycles. The van der Waals surface area contributed by atoms with E-state index in [0.29, 0.717) is 23.8 Å². The van der Waals surface area contributed by atoms with Crippen LogP contribution in [0.2, 0.25) is 0 Å². The maximum Gasteiger partial charge on any atom is 0.254 e. The maximum atomic E-state index is 12.7. The monoisotopic (exact) mass is 434 g/mol. The van der Waals surface area contributed by atoms with Crippen molar-refractivity contribution in [2.45, 2.75) is 33.6 Å². The quantitative estimate of drug-likeness (QED) is 0.587. The van der Waals surface area contributed by atoms with Crippen LogP contribution in [0, 0.1) is 6.92 Å². The first-order valence-electron chi connectivity index (χ1n) is 11.1. The molecule has 3 aromatic rings. The highest BCUT2D eigenvalue weighted by molar-refractivity contribution is 5.95. The second-order valence-corrected chi connectivity index (χ2v) is 7.91. The topological polar surface area (TPSA) is 85.2 Å². The van der Waals surface area contributed by atoms with E-state index in [1.54, 1.807) is 18.0 Å². The average Bonchev–Trinajstić information content (AvgIpc) is 3.22. The number of rotatable bonds is 8. The molecule has 0 radical (unpaired) electrons. The SMILES string of the molecule is CCN(CC)CCNC(=O)c1cnn(-c2ncc3c(n2)-c2cc(OC)ccc2CC3)c1C. The Hall–Kier alpha value is -3.26. The minimum Gasteiger partial charge on any atom is -0.497 e. The van der Waals surface area contributed by atoms with Gasteiger partial charge in [0.05, 0.1) is 30.3 Å². The lowest BCUT2D eigenvalue weighted by molar-refractivity contribution is 0.0948. The normalized spacial score (nSPS) is 12.4. The molecule has 1 amide bonds. The molecule has 2 aromatic heterocycles. The summed E-state index contributed by atoms with van der Waals surface area (Å²) in [7, 11) is 1.67. The minimum atomic E-state index is -0.131. The van der Waals surface area contributed by atoms with E-state index in [2.05, 4.69) is 40.2 Å². The number of aromatic nitrogens is 4. The van der Waals surface area contributed by atoms with Crippen LogP contribution in [-0.4, -0.2) is 63.8 Å². The Kier molecular flexibility index (Phi) is 6.50. The summed E-state index contributed by atoms with van der Waals surface area (Å²) in [6, 6.07) is 6.10. The van der Waals surface area contributed by atoms with Crippen LogP contribution < -0.4 is 10.1 Å². The Morgan fingerprint density at radius 1 is 1.19 bits per heavy atom. The van der Waals surface area contributed by atoms with Crippen molar-refractivity contribution in [2.24, 2.45) is 0 Å².